The third-order valence-corrected chi connectivity index (χ3v) is 5.17. The zero-order valence-electron chi connectivity index (χ0n) is 14.7. The van der Waals surface area contributed by atoms with E-state index in [1.807, 2.05) is 0 Å². The monoisotopic (exact) mass is 329 g/mol. The molecule has 3 rings (SSSR count). The summed E-state index contributed by atoms with van der Waals surface area (Å²) in [6.07, 6.45) is 2.42. The first-order chi connectivity index (χ1) is 11.6. The SMILES string of the molecule is CCC(N1CCN(c2ccccc2C)CC1)N1C(=O)CCCC1=O. The number of carbonyl (C=O) groups is 2. The number of amides is 2. The van der Waals surface area contributed by atoms with Gasteiger partial charge in [0.1, 0.15) is 0 Å². The molecule has 0 aromatic heterocycles. The van der Waals surface area contributed by atoms with Gasteiger partial charge in [-0.05, 0) is 31.4 Å². The molecule has 2 saturated heterocycles. The molecule has 0 radical (unpaired) electrons. The molecule has 0 aliphatic carbocycles. The molecule has 1 aromatic rings. The van der Waals surface area contributed by atoms with E-state index < -0.39 is 0 Å². The molecule has 0 N–H and O–H groups in total. The van der Waals surface area contributed by atoms with Crippen LogP contribution in [0.4, 0.5) is 5.69 Å². The van der Waals surface area contributed by atoms with Gasteiger partial charge in [0.2, 0.25) is 11.8 Å². The van der Waals surface area contributed by atoms with Gasteiger partial charge in [0.15, 0.2) is 0 Å². The van der Waals surface area contributed by atoms with Crippen molar-refractivity contribution < 1.29 is 9.59 Å². The summed E-state index contributed by atoms with van der Waals surface area (Å²) in [5.74, 6) is -0.00105. The fourth-order valence-corrected chi connectivity index (χ4v) is 3.89. The van der Waals surface area contributed by atoms with E-state index in [4.69, 9.17) is 0 Å². The molecule has 5 nitrogen and oxygen atoms in total. The smallest absolute Gasteiger partial charge is 0.230 e. The minimum atomic E-state index is -0.0793. The van der Waals surface area contributed by atoms with Crippen molar-refractivity contribution in [2.75, 3.05) is 31.1 Å². The quantitative estimate of drug-likeness (QED) is 0.796. The summed E-state index contributed by atoms with van der Waals surface area (Å²) in [5, 5.41) is 0. The Labute approximate surface area is 144 Å². The first-order valence-electron chi connectivity index (χ1n) is 9.01. The molecule has 0 spiro atoms. The molecule has 2 amide bonds. The molecule has 5 heteroatoms. The highest BCUT2D eigenvalue weighted by atomic mass is 16.2. The number of benzene rings is 1. The Morgan fingerprint density at radius 1 is 1.00 bits per heavy atom. The predicted octanol–water partition coefficient (Wildman–Crippen LogP) is 2.39. The number of imide groups is 1. The highest BCUT2D eigenvalue weighted by Gasteiger charge is 2.36. The van der Waals surface area contributed by atoms with Crippen LogP contribution in [0.15, 0.2) is 24.3 Å². The van der Waals surface area contributed by atoms with E-state index >= 15 is 0 Å². The minimum Gasteiger partial charge on any atom is -0.369 e. The van der Waals surface area contributed by atoms with Gasteiger partial charge in [-0.2, -0.15) is 0 Å². The maximum absolute atomic E-state index is 12.2. The minimum absolute atomic E-state index is 0.000525. The lowest BCUT2D eigenvalue weighted by molar-refractivity contribution is -0.156. The van der Waals surface area contributed by atoms with Crippen molar-refractivity contribution in [3.8, 4) is 0 Å². The normalized spacial score (nSPS) is 21.2. The summed E-state index contributed by atoms with van der Waals surface area (Å²) in [6.45, 7) is 7.82. The van der Waals surface area contributed by atoms with Gasteiger partial charge in [0.25, 0.3) is 0 Å². The molecule has 1 atom stereocenters. The number of hydrogen-bond donors (Lipinski definition) is 0. The van der Waals surface area contributed by atoms with Gasteiger partial charge in [-0.3, -0.25) is 19.4 Å². The molecule has 24 heavy (non-hydrogen) atoms. The van der Waals surface area contributed by atoms with E-state index in [2.05, 4.69) is 47.9 Å². The summed E-state index contributed by atoms with van der Waals surface area (Å²) in [5.41, 5.74) is 2.58. The second kappa shape index (κ2) is 7.34. The largest absolute Gasteiger partial charge is 0.369 e. The number of nitrogens with zero attached hydrogens (tertiary/aromatic N) is 3. The summed E-state index contributed by atoms with van der Waals surface area (Å²) < 4.78 is 0. The fraction of sp³-hybridized carbons (Fsp3) is 0.579. The molecule has 1 unspecified atom stereocenters. The number of hydrogen-bond acceptors (Lipinski definition) is 4. The highest BCUT2D eigenvalue weighted by Crippen LogP contribution is 2.24. The summed E-state index contributed by atoms with van der Waals surface area (Å²) >= 11 is 0. The molecule has 2 aliphatic rings. The van der Waals surface area contributed by atoms with E-state index in [0.717, 1.165) is 32.6 Å². The molecule has 2 heterocycles. The number of aryl methyl sites for hydroxylation is 1. The van der Waals surface area contributed by atoms with Gasteiger partial charge in [0.05, 0.1) is 6.17 Å². The van der Waals surface area contributed by atoms with E-state index in [1.54, 1.807) is 0 Å². The average Bonchev–Trinajstić information content (AvgIpc) is 2.59. The van der Waals surface area contributed by atoms with E-state index in [1.165, 1.54) is 16.2 Å². The van der Waals surface area contributed by atoms with E-state index in [9.17, 15) is 9.59 Å². The van der Waals surface area contributed by atoms with Crippen LogP contribution in [0, 0.1) is 6.92 Å². The standard InChI is InChI=1S/C19H27N3O2/c1-3-17(22-18(23)9-6-10-19(22)24)21-13-11-20(12-14-21)16-8-5-4-7-15(16)2/h4-5,7-8,17H,3,6,9-14H2,1-2H3. The molecule has 0 saturated carbocycles. The molecule has 0 bridgehead atoms. The van der Waals surface area contributed by atoms with Crippen LogP contribution in [0.25, 0.3) is 0 Å². The van der Waals surface area contributed by atoms with Gasteiger partial charge in [-0.25, -0.2) is 0 Å². The highest BCUT2D eigenvalue weighted by molar-refractivity contribution is 5.97. The maximum Gasteiger partial charge on any atom is 0.230 e. The number of anilines is 1. The molecule has 1 aromatic carbocycles. The van der Waals surface area contributed by atoms with Crippen LogP contribution >= 0.6 is 0 Å². The molecule has 130 valence electrons. The topological polar surface area (TPSA) is 43.9 Å². The van der Waals surface area contributed by atoms with Crippen LogP contribution in [-0.2, 0) is 9.59 Å². The van der Waals surface area contributed by atoms with Gasteiger partial charge in [0, 0.05) is 44.7 Å². The molecular weight excluding hydrogens is 302 g/mol. The Morgan fingerprint density at radius 3 is 2.21 bits per heavy atom. The van der Waals surface area contributed by atoms with E-state index in [-0.39, 0.29) is 18.0 Å². The van der Waals surface area contributed by atoms with Crippen LogP contribution in [-0.4, -0.2) is 54.0 Å². The van der Waals surface area contributed by atoms with Crippen molar-refractivity contribution in [1.29, 1.82) is 0 Å². The zero-order valence-corrected chi connectivity index (χ0v) is 14.7. The van der Waals surface area contributed by atoms with Crippen molar-refractivity contribution in [1.82, 2.24) is 9.80 Å². The summed E-state index contributed by atoms with van der Waals surface area (Å²) in [6, 6.07) is 8.45. The van der Waals surface area contributed by atoms with Crippen molar-refractivity contribution >= 4 is 17.5 Å². The first kappa shape index (κ1) is 17.0. The van der Waals surface area contributed by atoms with Crippen LogP contribution in [0.1, 0.15) is 38.2 Å². The lowest BCUT2D eigenvalue weighted by Gasteiger charge is -2.44. The predicted molar refractivity (Wildman–Crippen MR) is 94.7 cm³/mol. The van der Waals surface area contributed by atoms with Crippen molar-refractivity contribution in [2.24, 2.45) is 0 Å². The fourth-order valence-electron chi connectivity index (χ4n) is 3.89. The maximum atomic E-state index is 12.2. The Morgan fingerprint density at radius 2 is 1.62 bits per heavy atom. The number of rotatable bonds is 4. The third-order valence-electron chi connectivity index (χ3n) is 5.17. The number of para-hydroxylation sites is 1. The van der Waals surface area contributed by atoms with Crippen LogP contribution < -0.4 is 4.90 Å². The number of likely N-dealkylation sites (tertiary alicyclic amines) is 1. The third kappa shape index (κ3) is 3.31. The van der Waals surface area contributed by atoms with Gasteiger partial charge >= 0.3 is 0 Å². The summed E-state index contributed by atoms with van der Waals surface area (Å²) in [7, 11) is 0. The van der Waals surface area contributed by atoms with Gasteiger partial charge in [-0.1, -0.05) is 25.1 Å². The zero-order chi connectivity index (χ0) is 17.1. The van der Waals surface area contributed by atoms with Gasteiger partial charge in [-0.15, -0.1) is 0 Å². The van der Waals surface area contributed by atoms with Crippen LogP contribution in [0.3, 0.4) is 0 Å². The Bertz CT molecular complexity index is 592. The summed E-state index contributed by atoms with van der Waals surface area (Å²) in [4.78, 5) is 30.7. The lowest BCUT2D eigenvalue weighted by Crippen LogP contribution is -2.59. The molecule has 2 fully saturated rings. The van der Waals surface area contributed by atoms with Crippen molar-refractivity contribution in [2.45, 2.75) is 45.7 Å². The number of carbonyl (C=O) groups excluding carboxylic acids is 2. The molecule has 2 aliphatic heterocycles. The van der Waals surface area contributed by atoms with Gasteiger partial charge < -0.3 is 4.90 Å². The number of piperidine rings is 1. The Balaban J connectivity index is 1.67. The second-order valence-corrected chi connectivity index (χ2v) is 6.71. The van der Waals surface area contributed by atoms with Crippen molar-refractivity contribution in [3.63, 3.8) is 0 Å². The van der Waals surface area contributed by atoms with Crippen LogP contribution in [0.5, 0.6) is 0 Å². The number of piperazine rings is 1. The van der Waals surface area contributed by atoms with Crippen LogP contribution in [0.2, 0.25) is 0 Å². The average molecular weight is 329 g/mol. The van der Waals surface area contributed by atoms with E-state index in [0.29, 0.717) is 19.3 Å². The first-order valence-corrected chi connectivity index (χ1v) is 9.01. The van der Waals surface area contributed by atoms with Crippen molar-refractivity contribution in [3.05, 3.63) is 29.8 Å². The molecular formula is C19H27N3O2. The second-order valence-electron chi connectivity index (χ2n) is 6.71. The lowest BCUT2D eigenvalue weighted by atomic mass is 10.1. The Hall–Kier alpha value is -1.88. The Kier molecular flexibility index (Phi) is 5.19.